The van der Waals surface area contributed by atoms with Crippen molar-refractivity contribution in [1.82, 2.24) is 9.55 Å². The van der Waals surface area contributed by atoms with E-state index in [9.17, 15) is 8.78 Å². The third-order valence-electron chi connectivity index (χ3n) is 2.40. The van der Waals surface area contributed by atoms with Crippen LogP contribution in [0.2, 0.25) is 0 Å². The lowest BCUT2D eigenvalue weighted by Gasteiger charge is -2.08. The van der Waals surface area contributed by atoms with Gasteiger partial charge in [0.2, 0.25) is 0 Å². The van der Waals surface area contributed by atoms with Gasteiger partial charge in [0.15, 0.2) is 0 Å². The Labute approximate surface area is 91.5 Å². The molecule has 1 aromatic heterocycles. The first kappa shape index (κ1) is 10.8. The Hall–Kier alpha value is -1.75. The lowest BCUT2D eigenvalue weighted by molar-refractivity contribution is 0.541. The van der Waals surface area contributed by atoms with Gasteiger partial charge in [0.1, 0.15) is 11.6 Å². The van der Waals surface area contributed by atoms with E-state index in [1.807, 2.05) is 0 Å². The number of nitrogens with two attached hydrogens (primary N) is 1. The van der Waals surface area contributed by atoms with Crippen molar-refractivity contribution in [3.05, 3.63) is 53.6 Å². The van der Waals surface area contributed by atoms with Gasteiger partial charge in [-0.2, -0.15) is 0 Å². The maximum absolute atomic E-state index is 13.4. The molecule has 0 saturated carbocycles. The molecule has 0 saturated heterocycles. The smallest absolute Gasteiger partial charge is 0.131 e. The van der Waals surface area contributed by atoms with Crippen LogP contribution in [0.15, 0.2) is 30.7 Å². The van der Waals surface area contributed by atoms with E-state index in [1.54, 1.807) is 10.8 Å². The summed E-state index contributed by atoms with van der Waals surface area (Å²) in [4.78, 5) is 3.89. The van der Waals surface area contributed by atoms with Gasteiger partial charge in [0, 0.05) is 18.3 Å². The van der Waals surface area contributed by atoms with Crippen LogP contribution in [-0.4, -0.2) is 9.55 Å². The Morgan fingerprint density at radius 2 is 1.94 bits per heavy atom. The molecule has 0 aliphatic rings. The fourth-order valence-corrected chi connectivity index (χ4v) is 1.51. The summed E-state index contributed by atoms with van der Waals surface area (Å²) in [6.07, 6.45) is 3.09. The molecule has 3 nitrogen and oxygen atoms in total. The Morgan fingerprint density at radius 1 is 1.25 bits per heavy atom. The lowest BCUT2D eigenvalue weighted by Crippen LogP contribution is -2.09. The highest BCUT2D eigenvalue weighted by Crippen LogP contribution is 2.14. The molecule has 84 valence electrons. The molecule has 0 unspecified atom stereocenters. The number of hydrogen-bond donors (Lipinski definition) is 1. The number of imidazole rings is 1. The molecule has 1 heterocycles. The van der Waals surface area contributed by atoms with Crippen molar-refractivity contribution in [1.29, 1.82) is 0 Å². The number of hydrogen-bond acceptors (Lipinski definition) is 2. The summed E-state index contributed by atoms with van der Waals surface area (Å²) in [5.74, 6) is -1.12. The van der Waals surface area contributed by atoms with E-state index in [4.69, 9.17) is 5.73 Å². The predicted molar refractivity (Wildman–Crippen MR) is 55.6 cm³/mol. The molecule has 5 heteroatoms. The Balaban J connectivity index is 2.34. The van der Waals surface area contributed by atoms with Crippen molar-refractivity contribution in [3.8, 4) is 0 Å². The van der Waals surface area contributed by atoms with Gasteiger partial charge in [0.25, 0.3) is 0 Å². The average molecular weight is 223 g/mol. The summed E-state index contributed by atoms with van der Waals surface area (Å²) < 4.78 is 28.4. The summed E-state index contributed by atoms with van der Waals surface area (Å²) in [5.41, 5.74) is 6.24. The standard InChI is InChI=1S/C11H11F2N3/c12-10-2-1-3-11(13)9(10)6-16-7-15-5-8(16)4-14/h1-3,5,7H,4,6,14H2. The molecule has 0 amide bonds. The maximum atomic E-state index is 13.4. The first-order chi connectivity index (χ1) is 7.72. The average Bonchev–Trinajstić information content (AvgIpc) is 2.71. The minimum Gasteiger partial charge on any atom is -0.329 e. The Bertz CT molecular complexity index is 473. The van der Waals surface area contributed by atoms with Crippen LogP contribution in [0.4, 0.5) is 8.78 Å². The predicted octanol–water partition coefficient (Wildman–Crippen LogP) is 1.67. The second-order valence-corrected chi connectivity index (χ2v) is 3.42. The molecular weight excluding hydrogens is 212 g/mol. The number of nitrogens with zero attached hydrogens (tertiary/aromatic N) is 2. The van der Waals surface area contributed by atoms with E-state index < -0.39 is 11.6 Å². The molecule has 2 aromatic rings. The van der Waals surface area contributed by atoms with E-state index in [1.165, 1.54) is 24.5 Å². The fraction of sp³-hybridized carbons (Fsp3) is 0.182. The zero-order chi connectivity index (χ0) is 11.5. The van der Waals surface area contributed by atoms with E-state index in [0.717, 1.165) is 5.69 Å². The highest BCUT2D eigenvalue weighted by molar-refractivity contribution is 5.20. The van der Waals surface area contributed by atoms with Crippen molar-refractivity contribution in [2.75, 3.05) is 0 Å². The molecule has 0 fully saturated rings. The van der Waals surface area contributed by atoms with Gasteiger partial charge in [0.05, 0.1) is 18.6 Å². The van der Waals surface area contributed by atoms with E-state index in [2.05, 4.69) is 4.98 Å². The lowest BCUT2D eigenvalue weighted by atomic mass is 10.2. The van der Waals surface area contributed by atoms with Crippen LogP contribution in [0.3, 0.4) is 0 Å². The van der Waals surface area contributed by atoms with Crippen LogP contribution in [0.1, 0.15) is 11.3 Å². The van der Waals surface area contributed by atoms with Gasteiger partial charge in [-0.05, 0) is 12.1 Å². The van der Waals surface area contributed by atoms with Crippen LogP contribution in [0, 0.1) is 11.6 Å². The van der Waals surface area contributed by atoms with Crippen molar-refractivity contribution < 1.29 is 8.78 Å². The molecule has 0 spiro atoms. The number of halogens is 2. The molecule has 0 radical (unpaired) electrons. The number of aromatic nitrogens is 2. The van der Waals surface area contributed by atoms with E-state index >= 15 is 0 Å². The zero-order valence-electron chi connectivity index (χ0n) is 8.53. The van der Waals surface area contributed by atoms with Crippen molar-refractivity contribution in [2.45, 2.75) is 13.1 Å². The van der Waals surface area contributed by atoms with Crippen molar-refractivity contribution in [3.63, 3.8) is 0 Å². The minimum absolute atomic E-state index is 0.0233. The maximum Gasteiger partial charge on any atom is 0.131 e. The monoisotopic (exact) mass is 223 g/mol. The highest BCUT2D eigenvalue weighted by Gasteiger charge is 2.10. The topological polar surface area (TPSA) is 43.8 Å². The zero-order valence-corrected chi connectivity index (χ0v) is 8.53. The minimum atomic E-state index is -0.559. The Morgan fingerprint density at radius 3 is 2.56 bits per heavy atom. The third kappa shape index (κ3) is 1.94. The molecule has 16 heavy (non-hydrogen) atoms. The Kier molecular flexibility index (Phi) is 2.96. The first-order valence-corrected chi connectivity index (χ1v) is 4.84. The quantitative estimate of drug-likeness (QED) is 0.860. The second-order valence-electron chi connectivity index (χ2n) is 3.42. The van der Waals surface area contributed by atoms with E-state index in [-0.39, 0.29) is 18.7 Å². The molecule has 2 N–H and O–H groups in total. The highest BCUT2D eigenvalue weighted by atomic mass is 19.1. The summed E-state index contributed by atoms with van der Waals surface area (Å²) in [7, 11) is 0. The molecule has 0 aliphatic heterocycles. The van der Waals surface area contributed by atoms with E-state index in [0.29, 0.717) is 0 Å². The van der Waals surface area contributed by atoms with Crippen molar-refractivity contribution >= 4 is 0 Å². The van der Waals surface area contributed by atoms with Gasteiger partial charge < -0.3 is 10.3 Å². The largest absolute Gasteiger partial charge is 0.329 e. The normalized spacial score (nSPS) is 10.7. The van der Waals surface area contributed by atoms with Crippen LogP contribution in [0.25, 0.3) is 0 Å². The van der Waals surface area contributed by atoms with Gasteiger partial charge in [-0.15, -0.1) is 0 Å². The summed E-state index contributed by atoms with van der Waals surface area (Å²) in [6.45, 7) is 0.390. The van der Waals surface area contributed by atoms with Gasteiger partial charge >= 0.3 is 0 Å². The van der Waals surface area contributed by atoms with Gasteiger partial charge in [-0.1, -0.05) is 6.07 Å². The van der Waals surface area contributed by atoms with Crippen molar-refractivity contribution in [2.24, 2.45) is 5.73 Å². The van der Waals surface area contributed by atoms with Crippen LogP contribution in [-0.2, 0) is 13.1 Å². The second kappa shape index (κ2) is 4.40. The summed E-state index contributed by atoms with van der Waals surface area (Å²) in [6, 6.07) is 3.81. The molecule has 0 aliphatic carbocycles. The molecular formula is C11H11F2N3. The van der Waals surface area contributed by atoms with Crippen LogP contribution in [0.5, 0.6) is 0 Å². The molecule has 0 bridgehead atoms. The third-order valence-corrected chi connectivity index (χ3v) is 2.40. The van der Waals surface area contributed by atoms with Gasteiger partial charge in [-0.25, -0.2) is 13.8 Å². The first-order valence-electron chi connectivity index (χ1n) is 4.84. The number of benzene rings is 1. The van der Waals surface area contributed by atoms with Gasteiger partial charge in [-0.3, -0.25) is 0 Å². The molecule has 0 atom stereocenters. The summed E-state index contributed by atoms with van der Waals surface area (Å²) in [5, 5.41) is 0. The summed E-state index contributed by atoms with van der Waals surface area (Å²) >= 11 is 0. The molecule has 1 aromatic carbocycles. The molecule has 2 rings (SSSR count). The fourth-order valence-electron chi connectivity index (χ4n) is 1.51. The number of rotatable bonds is 3. The SMILES string of the molecule is NCc1cncn1Cc1c(F)cccc1F. The van der Waals surface area contributed by atoms with Crippen LogP contribution >= 0.6 is 0 Å². The van der Waals surface area contributed by atoms with Crippen LogP contribution < -0.4 is 5.73 Å².